The highest BCUT2D eigenvalue weighted by molar-refractivity contribution is 5.86. The SMILES string of the molecule is CCOC(=O)[C@H](CC(C)C)NC(=O)CC[C@@H]1C[C@@H](OC(=O)NCc2cccc3ccccc23)C[C@@]2(CCC[C@H](COC(=O)NCc3ccccc3)O2)O1. The van der Waals surface area contributed by atoms with Crippen LogP contribution in [0.2, 0.25) is 0 Å². The van der Waals surface area contributed by atoms with Crippen molar-refractivity contribution in [1.82, 2.24) is 16.0 Å². The Hall–Kier alpha value is -4.68. The number of alkyl carbamates (subject to hydrolysis) is 2. The number of fused-ring (bicyclic) bond motifs is 1. The zero-order valence-electron chi connectivity index (χ0n) is 31.0. The number of carbonyl (C=O) groups is 4. The first-order valence-electron chi connectivity index (χ1n) is 18.8. The van der Waals surface area contributed by atoms with E-state index in [1.54, 1.807) is 6.92 Å². The fourth-order valence-electron chi connectivity index (χ4n) is 7.05. The van der Waals surface area contributed by atoms with Crippen molar-refractivity contribution < 1.29 is 42.9 Å². The van der Waals surface area contributed by atoms with Crippen LogP contribution in [-0.4, -0.2) is 67.4 Å². The number of nitrogens with one attached hydrogen (secondary N) is 3. The van der Waals surface area contributed by atoms with Crippen molar-refractivity contribution in [3.63, 3.8) is 0 Å². The molecule has 0 saturated carbocycles. The molecule has 3 amide bonds. The first-order chi connectivity index (χ1) is 25.6. The molecule has 286 valence electrons. The Bertz CT molecular complexity index is 1660. The van der Waals surface area contributed by atoms with Gasteiger partial charge in [-0.05, 0) is 60.4 Å². The Morgan fingerprint density at radius 1 is 0.868 bits per heavy atom. The van der Waals surface area contributed by atoms with Gasteiger partial charge in [0.1, 0.15) is 18.8 Å². The number of carbonyl (C=O) groups excluding carboxylic acids is 4. The molecular weight excluding hydrogens is 678 g/mol. The maximum absolute atomic E-state index is 13.2. The third kappa shape index (κ3) is 12.2. The lowest BCUT2D eigenvalue weighted by Crippen LogP contribution is -2.54. The Labute approximate surface area is 311 Å². The molecule has 3 aromatic carbocycles. The van der Waals surface area contributed by atoms with E-state index in [2.05, 4.69) is 16.0 Å². The zero-order valence-corrected chi connectivity index (χ0v) is 31.0. The number of hydrogen-bond acceptors (Lipinski definition) is 9. The molecule has 0 bridgehead atoms. The van der Waals surface area contributed by atoms with Crippen molar-refractivity contribution >= 4 is 34.8 Å². The highest BCUT2D eigenvalue weighted by Gasteiger charge is 2.47. The zero-order chi connectivity index (χ0) is 37.6. The summed E-state index contributed by atoms with van der Waals surface area (Å²) in [6.45, 7) is 6.57. The van der Waals surface area contributed by atoms with Gasteiger partial charge in [0.15, 0.2) is 5.79 Å². The van der Waals surface area contributed by atoms with Gasteiger partial charge in [0.2, 0.25) is 5.91 Å². The lowest BCUT2D eigenvalue weighted by atomic mass is 9.90. The van der Waals surface area contributed by atoms with E-state index in [1.807, 2.05) is 86.6 Å². The van der Waals surface area contributed by atoms with Crippen molar-refractivity contribution in [3.8, 4) is 0 Å². The van der Waals surface area contributed by atoms with E-state index in [1.165, 1.54) is 0 Å². The average molecular weight is 732 g/mol. The highest BCUT2D eigenvalue weighted by Crippen LogP contribution is 2.41. The molecule has 12 heteroatoms. The van der Waals surface area contributed by atoms with Crippen LogP contribution in [0.15, 0.2) is 72.8 Å². The monoisotopic (exact) mass is 731 g/mol. The number of benzene rings is 3. The molecule has 5 atom stereocenters. The van der Waals surface area contributed by atoms with Crippen LogP contribution < -0.4 is 16.0 Å². The van der Waals surface area contributed by atoms with E-state index in [4.69, 9.17) is 23.7 Å². The van der Waals surface area contributed by atoms with Crippen LogP contribution in [0.25, 0.3) is 10.8 Å². The summed E-state index contributed by atoms with van der Waals surface area (Å²) in [6.07, 6.45) is 0.854. The molecular formula is C41H53N3O9. The molecule has 0 aromatic heterocycles. The minimum atomic E-state index is -1.10. The maximum atomic E-state index is 13.2. The topological polar surface area (TPSA) is 151 Å². The fourth-order valence-corrected chi connectivity index (χ4v) is 7.05. The van der Waals surface area contributed by atoms with Crippen LogP contribution in [0, 0.1) is 5.92 Å². The van der Waals surface area contributed by atoms with Crippen LogP contribution in [-0.2, 0) is 46.4 Å². The predicted molar refractivity (Wildman–Crippen MR) is 199 cm³/mol. The number of ether oxygens (including phenoxy) is 5. The average Bonchev–Trinajstić information content (AvgIpc) is 3.14. The third-order valence-electron chi connectivity index (χ3n) is 9.47. The van der Waals surface area contributed by atoms with Gasteiger partial charge in [-0.2, -0.15) is 0 Å². The third-order valence-corrected chi connectivity index (χ3v) is 9.47. The van der Waals surface area contributed by atoms with Gasteiger partial charge < -0.3 is 39.6 Å². The second kappa shape index (κ2) is 19.4. The molecule has 0 aliphatic carbocycles. The van der Waals surface area contributed by atoms with Crippen molar-refractivity contribution in [3.05, 3.63) is 83.9 Å². The van der Waals surface area contributed by atoms with Gasteiger partial charge in [0, 0.05) is 38.8 Å². The van der Waals surface area contributed by atoms with E-state index in [-0.39, 0.29) is 37.9 Å². The number of hydrogen-bond donors (Lipinski definition) is 3. The first kappa shape index (κ1) is 39.5. The summed E-state index contributed by atoms with van der Waals surface area (Å²) in [6, 6.07) is 22.8. The van der Waals surface area contributed by atoms with Crippen LogP contribution in [0.4, 0.5) is 9.59 Å². The molecule has 12 nitrogen and oxygen atoms in total. The summed E-state index contributed by atoms with van der Waals surface area (Å²) in [5.41, 5.74) is 1.92. The largest absolute Gasteiger partial charge is 0.464 e. The quantitative estimate of drug-likeness (QED) is 0.115. The van der Waals surface area contributed by atoms with Crippen molar-refractivity contribution in [2.75, 3.05) is 13.2 Å². The minimum absolute atomic E-state index is 0.0287. The lowest BCUT2D eigenvalue weighted by Gasteiger charge is -2.47. The van der Waals surface area contributed by atoms with Crippen LogP contribution in [0.3, 0.4) is 0 Å². The Morgan fingerprint density at radius 2 is 1.60 bits per heavy atom. The second-order valence-corrected chi connectivity index (χ2v) is 14.2. The van der Waals surface area contributed by atoms with E-state index in [9.17, 15) is 19.2 Å². The molecule has 0 radical (unpaired) electrons. The van der Waals surface area contributed by atoms with Gasteiger partial charge in [0.25, 0.3) is 0 Å². The van der Waals surface area contributed by atoms with Crippen LogP contribution in [0.5, 0.6) is 0 Å². The Balaban J connectivity index is 1.21. The summed E-state index contributed by atoms with van der Waals surface area (Å²) in [5.74, 6) is -1.68. The summed E-state index contributed by atoms with van der Waals surface area (Å²) < 4.78 is 29.8. The lowest BCUT2D eigenvalue weighted by molar-refractivity contribution is -0.329. The van der Waals surface area contributed by atoms with Crippen molar-refractivity contribution in [1.29, 1.82) is 0 Å². The molecule has 2 aliphatic rings. The normalized spacial score (nSPS) is 21.8. The van der Waals surface area contributed by atoms with Gasteiger partial charge in [-0.3, -0.25) is 4.79 Å². The summed E-state index contributed by atoms with van der Waals surface area (Å²) in [5, 5.41) is 10.6. The standard InChI is InChI=1S/C41H53N3O9/c1-4-49-38(46)36(22-28(2)3)44-37(45)20-19-32-23-34(51-40(48)43-26-31-16-10-15-30-14-8-9-18-35(30)31)24-41(52-32)21-11-17-33(53-41)27-50-39(47)42-25-29-12-6-5-7-13-29/h5-10,12-16,18,28,32-34,36H,4,11,17,19-27H2,1-3H3,(H,42,47)(H,43,48)(H,44,45)/t32-,33-,34-,36+,41+/m1/s1. The van der Waals surface area contributed by atoms with Gasteiger partial charge in [-0.25, -0.2) is 14.4 Å². The minimum Gasteiger partial charge on any atom is -0.464 e. The van der Waals surface area contributed by atoms with Crippen molar-refractivity contribution in [2.24, 2.45) is 5.92 Å². The van der Waals surface area contributed by atoms with E-state index in [0.717, 1.165) is 28.3 Å². The molecule has 3 N–H and O–H groups in total. The van der Waals surface area contributed by atoms with Gasteiger partial charge in [-0.1, -0.05) is 86.6 Å². The molecule has 2 fully saturated rings. The summed E-state index contributed by atoms with van der Waals surface area (Å²) in [4.78, 5) is 51.4. The smallest absolute Gasteiger partial charge is 0.407 e. The Kier molecular flexibility index (Phi) is 14.5. The number of esters is 1. The highest BCUT2D eigenvalue weighted by atomic mass is 16.7. The maximum Gasteiger partial charge on any atom is 0.407 e. The molecule has 53 heavy (non-hydrogen) atoms. The van der Waals surface area contributed by atoms with E-state index in [0.29, 0.717) is 45.2 Å². The summed E-state index contributed by atoms with van der Waals surface area (Å²) in [7, 11) is 0. The number of rotatable bonds is 15. The van der Waals surface area contributed by atoms with Gasteiger partial charge >= 0.3 is 18.2 Å². The molecule has 2 heterocycles. The van der Waals surface area contributed by atoms with Gasteiger partial charge in [0.05, 0.1) is 18.8 Å². The van der Waals surface area contributed by atoms with Crippen LogP contribution in [0.1, 0.15) is 83.3 Å². The first-order valence-corrected chi connectivity index (χ1v) is 18.8. The van der Waals surface area contributed by atoms with E-state index < -0.39 is 48.3 Å². The molecule has 3 aromatic rings. The molecule has 2 aliphatic heterocycles. The summed E-state index contributed by atoms with van der Waals surface area (Å²) >= 11 is 0. The molecule has 0 unspecified atom stereocenters. The van der Waals surface area contributed by atoms with E-state index >= 15 is 0 Å². The number of amides is 3. The van der Waals surface area contributed by atoms with Crippen molar-refractivity contribution in [2.45, 2.75) is 115 Å². The second-order valence-electron chi connectivity index (χ2n) is 14.2. The molecule has 5 rings (SSSR count). The fraction of sp³-hybridized carbons (Fsp3) is 0.512. The molecule has 2 saturated heterocycles. The Morgan fingerprint density at radius 3 is 2.40 bits per heavy atom. The predicted octanol–water partition coefficient (Wildman–Crippen LogP) is 6.68. The molecule has 1 spiro atoms. The van der Waals surface area contributed by atoms with Gasteiger partial charge in [-0.15, -0.1) is 0 Å². The van der Waals surface area contributed by atoms with Crippen LogP contribution >= 0.6 is 0 Å².